The van der Waals surface area contributed by atoms with Gasteiger partial charge in [0.25, 0.3) is 0 Å². The first kappa shape index (κ1) is 30.7. The van der Waals surface area contributed by atoms with Gasteiger partial charge >= 0.3 is 0 Å². The Kier molecular flexibility index (Phi) is 8.39. The maximum atomic E-state index is 6.52. The van der Waals surface area contributed by atoms with Crippen LogP contribution in [0.15, 0.2) is 83.3 Å². The monoisotopic (exact) mass is 581 g/mol. The van der Waals surface area contributed by atoms with Gasteiger partial charge in [0.15, 0.2) is 5.71 Å². The van der Waals surface area contributed by atoms with Gasteiger partial charge in [0.2, 0.25) is 5.69 Å². The summed E-state index contributed by atoms with van der Waals surface area (Å²) >= 11 is 0. The first-order chi connectivity index (χ1) is 20.5. The van der Waals surface area contributed by atoms with E-state index in [4.69, 9.17) is 14.2 Å². The molecule has 0 fully saturated rings. The van der Waals surface area contributed by atoms with Crippen LogP contribution in [0.5, 0.6) is 11.5 Å². The van der Waals surface area contributed by atoms with E-state index in [-0.39, 0.29) is 16.9 Å². The lowest BCUT2D eigenvalue weighted by molar-refractivity contribution is -0.433. The fourth-order valence-electron chi connectivity index (χ4n) is 7.01. The van der Waals surface area contributed by atoms with Crippen molar-refractivity contribution in [2.24, 2.45) is 0 Å². The molecule has 228 valence electrons. The standard InChI is InChI=1S/C38H49N2O3/c1-11-39-32-19-17-28(41-9)23-30(32)37(5,6)34(39)21-15-26-13-14-27(36(26)43-25(3)4)16-22-35-38(7,8)31-24-29(42-10)18-20-33(31)40(35)12-2/h15-25H,11-14H2,1-10H3/q+1. The van der Waals surface area contributed by atoms with Gasteiger partial charge in [0, 0.05) is 41.1 Å². The van der Waals surface area contributed by atoms with Crippen molar-refractivity contribution in [2.45, 2.75) is 85.2 Å². The van der Waals surface area contributed by atoms with E-state index in [0.717, 1.165) is 43.2 Å². The van der Waals surface area contributed by atoms with E-state index in [1.807, 2.05) is 0 Å². The van der Waals surface area contributed by atoms with Crippen molar-refractivity contribution in [3.8, 4) is 11.5 Å². The molecule has 0 amide bonds. The van der Waals surface area contributed by atoms with Gasteiger partial charge in [-0.05, 0) is 114 Å². The number of hydrogen-bond donors (Lipinski definition) is 0. The Balaban J connectivity index is 1.52. The molecule has 2 aliphatic heterocycles. The van der Waals surface area contributed by atoms with Crippen LogP contribution < -0.4 is 14.4 Å². The van der Waals surface area contributed by atoms with Crippen LogP contribution in [-0.2, 0) is 15.6 Å². The zero-order chi connectivity index (χ0) is 31.1. The van der Waals surface area contributed by atoms with E-state index < -0.39 is 0 Å². The van der Waals surface area contributed by atoms with Crippen molar-refractivity contribution in [1.82, 2.24) is 0 Å². The molecule has 0 radical (unpaired) electrons. The second-order valence-electron chi connectivity index (χ2n) is 13.0. The molecule has 0 aromatic heterocycles. The highest BCUT2D eigenvalue weighted by Gasteiger charge is 2.44. The average Bonchev–Trinajstić information content (AvgIpc) is 3.54. The van der Waals surface area contributed by atoms with Crippen LogP contribution in [0.4, 0.5) is 11.4 Å². The fraction of sp³-hybridized carbons (Fsp3) is 0.447. The van der Waals surface area contributed by atoms with Crippen LogP contribution in [-0.4, -0.2) is 43.7 Å². The minimum atomic E-state index is -0.132. The van der Waals surface area contributed by atoms with Crippen LogP contribution in [0.2, 0.25) is 0 Å². The Morgan fingerprint density at radius 2 is 1.53 bits per heavy atom. The number of ether oxygens (including phenoxy) is 3. The summed E-state index contributed by atoms with van der Waals surface area (Å²) < 4.78 is 20.1. The molecule has 2 heterocycles. The van der Waals surface area contributed by atoms with Crippen LogP contribution >= 0.6 is 0 Å². The largest absolute Gasteiger partial charge is 0.497 e. The highest BCUT2D eigenvalue weighted by molar-refractivity contribution is 6.03. The third-order valence-electron chi connectivity index (χ3n) is 9.32. The molecule has 5 nitrogen and oxygen atoms in total. The zero-order valence-corrected chi connectivity index (χ0v) is 27.8. The molecule has 2 aromatic carbocycles. The molecule has 0 atom stereocenters. The maximum Gasteiger partial charge on any atom is 0.210 e. The molecule has 0 spiro atoms. The van der Waals surface area contributed by atoms with Gasteiger partial charge in [0.1, 0.15) is 23.8 Å². The van der Waals surface area contributed by atoms with Crippen LogP contribution in [0.3, 0.4) is 0 Å². The van der Waals surface area contributed by atoms with E-state index in [2.05, 4.69) is 126 Å². The summed E-state index contributed by atoms with van der Waals surface area (Å²) in [6, 6.07) is 12.9. The number of hydrogen-bond acceptors (Lipinski definition) is 4. The molecule has 0 saturated carbocycles. The second-order valence-corrected chi connectivity index (χ2v) is 13.0. The van der Waals surface area contributed by atoms with E-state index in [1.165, 1.54) is 45.1 Å². The van der Waals surface area contributed by atoms with Crippen molar-refractivity contribution in [1.29, 1.82) is 0 Å². The number of rotatable bonds is 9. The zero-order valence-electron chi connectivity index (χ0n) is 27.8. The summed E-state index contributed by atoms with van der Waals surface area (Å²) in [7, 11) is 3.47. The number of likely N-dealkylation sites (N-methyl/N-ethyl adjacent to an activating group) is 1. The van der Waals surface area contributed by atoms with Gasteiger partial charge in [-0.15, -0.1) is 0 Å². The molecule has 2 aromatic rings. The van der Waals surface area contributed by atoms with Crippen molar-refractivity contribution in [3.63, 3.8) is 0 Å². The quantitative estimate of drug-likeness (QED) is 0.277. The third-order valence-corrected chi connectivity index (χ3v) is 9.32. The Morgan fingerprint density at radius 1 is 0.860 bits per heavy atom. The lowest BCUT2D eigenvalue weighted by Gasteiger charge is -2.26. The first-order valence-electron chi connectivity index (χ1n) is 15.8. The van der Waals surface area contributed by atoms with E-state index >= 15 is 0 Å². The molecule has 3 aliphatic rings. The average molecular weight is 582 g/mol. The summed E-state index contributed by atoms with van der Waals surface area (Å²) in [5.41, 5.74) is 9.99. The van der Waals surface area contributed by atoms with Gasteiger partial charge in [-0.2, -0.15) is 4.58 Å². The molecule has 5 rings (SSSR count). The van der Waals surface area contributed by atoms with Crippen LogP contribution in [0.25, 0.3) is 0 Å². The number of nitrogens with zero attached hydrogens (tertiary/aromatic N) is 2. The Labute approximate surface area is 258 Å². The van der Waals surface area contributed by atoms with Gasteiger partial charge in [0.05, 0.1) is 25.7 Å². The van der Waals surface area contributed by atoms with Gasteiger partial charge in [-0.1, -0.05) is 19.9 Å². The van der Waals surface area contributed by atoms with Gasteiger partial charge in [-0.3, -0.25) is 0 Å². The van der Waals surface area contributed by atoms with Crippen molar-refractivity contribution in [2.75, 3.05) is 32.2 Å². The molecule has 0 bridgehead atoms. The number of allylic oxidation sites excluding steroid dienone is 7. The summed E-state index contributed by atoms with van der Waals surface area (Å²) in [4.78, 5) is 2.43. The Morgan fingerprint density at radius 3 is 2.16 bits per heavy atom. The highest BCUT2D eigenvalue weighted by atomic mass is 16.5. The Hall–Kier alpha value is -3.73. The minimum Gasteiger partial charge on any atom is -0.497 e. The molecule has 0 N–H and O–H groups in total. The van der Waals surface area contributed by atoms with Crippen molar-refractivity contribution in [3.05, 3.63) is 94.4 Å². The molecule has 1 aliphatic carbocycles. The fourth-order valence-corrected chi connectivity index (χ4v) is 7.01. The smallest absolute Gasteiger partial charge is 0.210 e. The summed E-state index contributed by atoms with van der Waals surface area (Å²) in [6.07, 6.45) is 11.3. The second kappa shape index (κ2) is 11.7. The summed E-state index contributed by atoms with van der Waals surface area (Å²) in [5, 5.41) is 0. The third kappa shape index (κ3) is 5.32. The predicted molar refractivity (Wildman–Crippen MR) is 178 cm³/mol. The molecule has 0 saturated heterocycles. The molecule has 43 heavy (non-hydrogen) atoms. The number of methoxy groups -OCH3 is 2. The normalized spacial score (nSPS) is 20.7. The number of fused-ring (bicyclic) bond motifs is 2. The number of anilines is 1. The number of benzene rings is 2. The predicted octanol–water partition coefficient (Wildman–Crippen LogP) is 8.76. The van der Waals surface area contributed by atoms with Gasteiger partial charge in [-0.25, -0.2) is 0 Å². The van der Waals surface area contributed by atoms with E-state index in [9.17, 15) is 0 Å². The lowest BCUT2D eigenvalue weighted by atomic mass is 9.81. The van der Waals surface area contributed by atoms with Crippen LogP contribution in [0, 0.1) is 0 Å². The van der Waals surface area contributed by atoms with Gasteiger partial charge < -0.3 is 19.1 Å². The summed E-state index contributed by atoms with van der Waals surface area (Å²) in [5.74, 6) is 2.83. The van der Waals surface area contributed by atoms with Crippen molar-refractivity contribution < 1.29 is 18.8 Å². The molecular weight excluding hydrogens is 532 g/mol. The highest BCUT2D eigenvalue weighted by Crippen LogP contribution is 2.49. The molecular formula is C38H49N2O3+. The van der Waals surface area contributed by atoms with Crippen LogP contribution in [0.1, 0.15) is 79.4 Å². The Bertz CT molecular complexity index is 1570. The minimum absolute atomic E-state index is 0.0961. The topological polar surface area (TPSA) is 33.9 Å². The van der Waals surface area contributed by atoms with E-state index in [0.29, 0.717) is 0 Å². The summed E-state index contributed by atoms with van der Waals surface area (Å²) in [6.45, 7) is 19.7. The molecule has 0 unspecified atom stereocenters. The SMILES string of the molecule is CCN1/C(=C/C=C2\CCC(/C=C/C3=[N+](CC)c4ccc(OC)cc4C3(C)C)=C2OC(C)C)C(C)(C)c2cc(OC)ccc21. The van der Waals surface area contributed by atoms with E-state index in [1.54, 1.807) is 14.2 Å². The van der Waals surface area contributed by atoms with Crippen molar-refractivity contribution >= 4 is 17.1 Å². The lowest BCUT2D eigenvalue weighted by Crippen LogP contribution is -2.27. The molecule has 5 heteroatoms. The maximum absolute atomic E-state index is 6.52. The first-order valence-corrected chi connectivity index (χ1v) is 15.8.